The van der Waals surface area contributed by atoms with Gasteiger partial charge in [-0.3, -0.25) is 4.79 Å². The summed E-state index contributed by atoms with van der Waals surface area (Å²) in [6.45, 7) is 12.6. The predicted octanol–water partition coefficient (Wildman–Crippen LogP) is 8.92. The second-order valence-corrected chi connectivity index (χ2v) is 12.6. The minimum atomic E-state index is -1.25. The number of nitrogens with zero attached hydrogens (tertiary/aromatic N) is 3. The van der Waals surface area contributed by atoms with E-state index in [9.17, 15) is 4.79 Å². The van der Waals surface area contributed by atoms with E-state index in [1.807, 2.05) is 4.90 Å². The van der Waals surface area contributed by atoms with E-state index in [0.717, 1.165) is 25.8 Å². The molecule has 220 valence electrons. The van der Waals surface area contributed by atoms with Crippen molar-refractivity contribution in [2.75, 3.05) is 19.7 Å². The number of carbonyl (C=O) groups is 1. The fourth-order valence-corrected chi connectivity index (χ4v) is 6.70. The number of likely N-dealkylation sites (tertiary alicyclic amines) is 1. The average Bonchev–Trinajstić information content (AvgIpc) is 3.34. The third-order valence-corrected chi connectivity index (χ3v) is 9.23. The van der Waals surface area contributed by atoms with Gasteiger partial charge < -0.3 is 13.9 Å². The molecule has 0 saturated carbocycles. The fraction of sp³-hybridized carbons (Fsp3) is 0.871. The number of unbranched alkanes of at least 4 members (excludes halogenated alkanes) is 11. The minimum Gasteiger partial charge on any atom is -0.340 e. The zero-order valence-electron chi connectivity index (χ0n) is 25.3. The Hall–Kier alpha value is -0.990. The zero-order valence-corrected chi connectivity index (χ0v) is 26.2. The van der Waals surface area contributed by atoms with Crippen LogP contribution in [0.3, 0.4) is 0 Å². The predicted molar refractivity (Wildman–Crippen MR) is 161 cm³/mol. The lowest BCUT2D eigenvalue weighted by atomic mass is 10.1. The maximum atomic E-state index is 12.8. The Bertz CT molecular complexity index is 657. The highest BCUT2D eigenvalue weighted by Gasteiger charge is 2.34. The molecule has 0 radical (unpaired) electrons. The molecule has 1 rings (SSSR count). The van der Waals surface area contributed by atoms with Crippen LogP contribution in [0.4, 0.5) is 0 Å². The van der Waals surface area contributed by atoms with Crippen molar-refractivity contribution in [2.24, 2.45) is 0 Å². The quantitative estimate of drug-likeness (QED) is 0.0720. The number of hydrogen-bond acceptors (Lipinski definition) is 5. The smallest absolute Gasteiger partial charge is 0.259 e. The van der Waals surface area contributed by atoms with Crippen molar-refractivity contribution in [1.82, 2.24) is 9.57 Å². The summed E-state index contributed by atoms with van der Waals surface area (Å²) in [7, 11) is -1.25. The monoisotopic (exact) mass is 551 g/mol. The number of carbonyl (C=O) groups excluding carboxylic acids is 1. The van der Waals surface area contributed by atoms with Crippen molar-refractivity contribution >= 4 is 14.4 Å². The van der Waals surface area contributed by atoms with Crippen LogP contribution in [0.1, 0.15) is 137 Å². The van der Waals surface area contributed by atoms with Crippen LogP contribution in [0.2, 0.25) is 0 Å². The van der Waals surface area contributed by atoms with Gasteiger partial charge in [0.1, 0.15) is 0 Å². The second-order valence-electron chi connectivity index (χ2n) is 11.2. The molecular formula is C31H58N3O3P. The van der Waals surface area contributed by atoms with Crippen molar-refractivity contribution in [1.29, 1.82) is 5.26 Å². The summed E-state index contributed by atoms with van der Waals surface area (Å²) in [6, 6.07) is 2.71. The van der Waals surface area contributed by atoms with E-state index in [1.54, 1.807) is 0 Å². The standard InChI is InChI=1S/C31H58N3O3P/c1-6-7-8-9-10-11-12-13-14-15-16-17-18-19-20-22-31(35)33-25-23-30(27-33)37-38(36-26-21-24-32)34(28(2)3)29(4)5/h13-14,28-30H,6-12,15-23,25-27H2,1-5H3/b14-13-/t30-,38?/m0/s1. The number of allylic oxidation sites excluding steroid dienone is 2. The van der Waals surface area contributed by atoms with Gasteiger partial charge in [0.25, 0.3) is 8.53 Å². The van der Waals surface area contributed by atoms with Gasteiger partial charge in [-0.05, 0) is 66.2 Å². The highest BCUT2D eigenvalue weighted by atomic mass is 31.2. The SMILES string of the molecule is CCCCCCCC/C=C\CCCCCCCC(=O)N1CC[C@H](OP(OCCC#N)N(C(C)C)C(C)C)C1. The van der Waals surface area contributed by atoms with Gasteiger partial charge in [-0.1, -0.05) is 70.4 Å². The first-order valence-electron chi connectivity index (χ1n) is 15.6. The Balaban J connectivity index is 2.19. The van der Waals surface area contributed by atoms with Crippen molar-refractivity contribution in [3.63, 3.8) is 0 Å². The molecule has 0 aromatic heterocycles. The van der Waals surface area contributed by atoms with Gasteiger partial charge in [-0.15, -0.1) is 0 Å². The van der Waals surface area contributed by atoms with E-state index >= 15 is 0 Å². The summed E-state index contributed by atoms with van der Waals surface area (Å²) >= 11 is 0. The normalized spacial score (nSPS) is 16.8. The van der Waals surface area contributed by atoms with Crippen LogP contribution < -0.4 is 0 Å². The summed E-state index contributed by atoms with van der Waals surface area (Å²) in [5, 5.41) is 8.90. The van der Waals surface area contributed by atoms with Gasteiger partial charge >= 0.3 is 0 Å². The van der Waals surface area contributed by atoms with Crippen molar-refractivity contribution < 1.29 is 13.8 Å². The van der Waals surface area contributed by atoms with Crippen LogP contribution >= 0.6 is 8.53 Å². The first-order valence-corrected chi connectivity index (χ1v) is 16.7. The lowest BCUT2D eigenvalue weighted by molar-refractivity contribution is -0.130. The summed E-state index contributed by atoms with van der Waals surface area (Å²) in [6.07, 6.45) is 23.1. The summed E-state index contributed by atoms with van der Waals surface area (Å²) in [4.78, 5) is 14.7. The van der Waals surface area contributed by atoms with Crippen LogP contribution in [-0.2, 0) is 13.8 Å². The van der Waals surface area contributed by atoms with E-state index < -0.39 is 8.53 Å². The van der Waals surface area contributed by atoms with E-state index in [-0.39, 0.29) is 24.1 Å². The van der Waals surface area contributed by atoms with Crippen LogP contribution in [-0.4, -0.2) is 53.4 Å². The molecule has 1 aliphatic heterocycles. The lowest BCUT2D eigenvalue weighted by Gasteiger charge is -2.36. The number of hydrogen-bond donors (Lipinski definition) is 0. The van der Waals surface area contributed by atoms with E-state index in [1.165, 1.54) is 70.6 Å². The molecular weight excluding hydrogens is 493 g/mol. The summed E-state index contributed by atoms with van der Waals surface area (Å²) in [5.74, 6) is 0.257. The van der Waals surface area contributed by atoms with Crippen LogP contribution in [0.25, 0.3) is 0 Å². The topological polar surface area (TPSA) is 65.8 Å². The van der Waals surface area contributed by atoms with Gasteiger partial charge in [-0.2, -0.15) is 5.26 Å². The first kappa shape index (κ1) is 35.0. The van der Waals surface area contributed by atoms with Gasteiger partial charge in [0.05, 0.1) is 25.2 Å². The fourth-order valence-electron chi connectivity index (χ4n) is 4.97. The molecule has 1 amide bonds. The zero-order chi connectivity index (χ0) is 28.0. The van der Waals surface area contributed by atoms with E-state index in [2.05, 4.69) is 57.5 Å². The molecule has 0 aliphatic carbocycles. The molecule has 2 atom stereocenters. The first-order chi connectivity index (χ1) is 18.4. The lowest BCUT2D eigenvalue weighted by Crippen LogP contribution is -2.35. The van der Waals surface area contributed by atoms with Crippen molar-refractivity contribution in [2.45, 2.75) is 156 Å². The Morgan fingerprint density at radius 3 is 2.13 bits per heavy atom. The molecule has 0 bridgehead atoms. The molecule has 1 heterocycles. The Morgan fingerprint density at radius 1 is 0.974 bits per heavy atom. The van der Waals surface area contributed by atoms with Gasteiger partial charge in [-0.25, -0.2) is 4.67 Å². The Morgan fingerprint density at radius 2 is 1.55 bits per heavy atom. The maximum Gasteiger partial charge on any atom is 0.259 e. The molecule has 0 N–H and O–H groups in total. The average molecular weight is 552 g/mol. The highest BCUT2D eigenvalue weighted by Crippen LogP contribution is 2.48. The number of amides is 1. The van der Waals surface area contributed by atoms with Crippen molar-refractivity contribution in [3.8, 4) is 6.07 Å². The van der Waals surface area contributed by atoms with Crippen LogP contribution in [0.5, 0.6) is 0 Å². The third kappa shape index (κ3) is 16.2. The third-order valence-electron chi connectivity index (χ3n) is 7.05. The second kappa shape index (κ2) is 22.8. The number of nitriles is 1. The number of rotatable bonds is 23. The molecule has 1 aliphatic rings. The molecule has 1 saturated heterocycles. The van der Waals surface area contributed by atoms with Gasteiger partial charge in [0.15, 0.2) is 0 Å². The largest absolute Gasteiger partial charge is 0.340 e. The molecule has 1 unspecified atom stereocenters. The Labute approximate surface area is 236 Å². The van der Waals surface area contributed by atoms with Crippen molar-refractivity contribution in [3.05, 3.63) is 12.2 Å². The van der Waals surface area contributed by atoms with Crippen LogP contribution in [0, 0.1) is 11.3 Å². The minimum absolute atomic E-state index is 0.00117. The summed E-state index contributed by atoms with van der Waals surface area (Å²) < 4.78 is 14.7. The molecule has 1 fully saturated rings. The molecule has 0 aromatic rings. The molecule has 6 nitrogen and oxygen atoms in total. The molecule has 0 spiro atoms. The molecule has 0 aromatic carbocycles. The van der Waals surface area contributed by atoms with E-state index in [0.29, 0.717) is 26.0 Å². The van der Waals surface area contributed by atoms with Gasteiger partial charge in [0, 0.05) is 31.6 Å². The Kier molecular flexibility index (Phi) is 21.0. The maximum absolute atomic E-state index is 12.8. The van der Waals surface area contributed by atoms with E-state index in [4.69, 9.17) is 14.3 Å². The van der Waals surface area contributed by atoms with Crippen LogP contribution in [0.15, 0.2) is 12.2 Å². The molecule has 38 heavy (non-hydrogen) atoms. The highest BCUT2D eigenvalue weighted by molar-refractivity contribution is 7.44. The summed E-state index contributed by atoms with van der Waals surface area (Å²) in [5.41, 5.74) is 0. The van der Waals surface area contributed by atoms with Gasteiger partial charge in [0.2, 0.25) is 5.91 Å². The molecule has 7 heteroatoms.